The Hall–Kier alpha value is 2.05. The molecule has 1 aromatic rings. The number of aromatic amines is 1. The van der Waals surface area contributed by atoms with Crippen molar-refractivity contribution < 1.29 is 90.9 Å². The van der Waals surface area contributed by atoms with Crippen LogP contribution in [0.3, 0.4) is 0 Å². The standard InChI is InChI=1S/C14H21N3.C2H6.Rb.Y/c1-2-4-11(5-3-1)12-6-8-13(9-7-12)14-15-10-16-17-14;1-2;;/h1,11-13H,2-9H2,(H,15,16,17);1-2H3;;/q-2;;+1;. The van der Waals surface area contributed by atoms with Gasteiger partial charge in [0, 0.05) is 32.7 Å². The van der Waals surface area contributed by atoms with E-state index in [1.54, 1.807) is 0 Å². The molecule has 0 saturated heterocycles. The molecule has 3 nitrogen and oxygen atoms in total. The molecule has 2 fully saturated rings. The van der Waals surface area contributed by atoms with E-state index in [0.29, 0.717) is 5.92 Å². The van der Waals surface area contributed by atoms with Crippen LogP contribution < -0.4 is 58.2 Å². The Morgan fingerprint density at radius 2 is 1.57 bits per heavy atom. The number of rotatable bonds is 2. The summed E-state index contributed by atoms with van der Waals surface area (Å²) < 4.78 is 0. The molecule has 0 spiro atoms. The molecule has 3 rings (SSSR count). The van der Waals surface area contributed by atoms with Crippen LogP contribution in [0, 0.1) is 24.6 Å². The van der Waals surface area contributed by atoms with Gasteiger partial charge < -0.3 is 16.5 Å². The summed E-state index contributed by atoms with van der Waals surface area (Å²) in [5, 5.41) is 6.82. The average Bonchev–Trinajstić information content (AvgIpc) is 3.05. The minimum absolute atomic E-state index is 0. The van der Waals surface area contributed by atoms with Gasteiger partial charge in [0.2, 0.25) is 0 Å². The van der Waals surface area contributed by atoms with Crippen molar-refractivity contribution in [3.05, 3.63) is 18.6 Å². The van der Waals surface area contributed by atoms with E-state index in [2.05, 4.69) is 27.9 Å². The van der Waals surface area contributed by atoms with Gasteiger partial charge in [0.25, 0.3) is 0 Å². The van der Waals surface area contributed by atoms with Gasteiger partial charge in [-0.25, -0.2) is 0 Å². The molecular weight excluding hydrogens is 409 g/mol. The van der Waals surface area contributed by atoms with E-state index in [1.807, 2.05) is 13.8 Å². The van der Waals surface area contributed by atoms with Crippen molar-refractivity contribution >= 4 is 0 Å². The molecule has 1 radical (unpaired) electrons. The molecular formula is C16H27N3RbY-. The second kappa shape index (κ2) is 13.4. The topological polar surface area (TPSA) is 41.6 Å². The van der Waals surface area contributed by atoms with Crippen LogP contribution in [0.25, 0.3) is 0 Å². The number of nitrogens with zero attached hydrogens (tertiary/aromatic N) is 2. The molecule has 111 valence electrons. The van der Waals surface area contributed by atoms with Crippen LogP contribution >= 0.6 is 0 Å². The fraction of sp³-hybridized carbons (Fsp3) is 0.812. The Morgan fingerprint density at radius 3 is 2.10 bits per heavy atom. The van der Waals surface area contributed by atoms with Gasteiger partial charge in [-0.3, -0.25) is 5.10 Å². The summed E-state index contributed by atoms with van der Waals surface area (Å²) in [5.41, 5.74) is 0. The number of hydrogen-bond acceptors (Lipinski definition) is 2. The summed E-state index contributed by atoms with van der Waals surface area (Å²) in [4.78, 5) is 4.18. The number of aromatic nitrogens is 3. The SMILES string of the molecule is CC.[Rb+].[Y].[c-]1n[nH]c(C2CCC(C3CC[CH-]CC3)CC2)n1. The molecule has 5 heteroatoms. The van der Waals surface area contributed by atoms with E-state index >= 15 is 0 Å². The van der Waals surface area contributed by atoms with Crippen molar-refractivity contribution in [2.75, 3.05) is 0 Å². The Bertz CT molecular complexity index is 331. The predicted octanol–water partition coefficient (Wildman–Crippen LogP) is 1.30. The van der Waals surface area contributed by atoms with E-state index in [4.69, 9.17) is 0 Å². The molecule has 21 heavy (non-hydrogen) atoms. The first kappa shape index (κ1) is 23.0. The fourth-order valence-corrected chi connectivity index (χ4v) is 3.66. The summed E-state index contributed by atoms with van der Waals surface area (Å²) in [7, 11) is 0. The number of nitrogens with one attached hydrogen (secondary N) is 1. The zero-order valence-electron chi connectivity index (χ0n) is 13.9. The molecule has 0 aromatic carbocycles. The van der Waals surface area contributed by atoms with Gasteiger partial charge >= 0.3 is 58.2 Å². The smallest absolute Gasteiger partial charge is 0.418 e. The van der Waals surface area contributed by atoms with E-state index in [1.165, 1.54) is 51.4 Å². The van der Waals surface area contributed by atoms with Crippen LogP contribution in [0.2, 0.25) is 0 Å². The van der Waals surface area contributed by atoms with Crippen molar-refractivity contribution in [3.8, 4) is 0 Å². The molecule has 2 aliphatic rings. The summed E-state index contributed by atoms with van der Waals surface area (Å²) in [6.07, 6.45) is 16.0. The van der Waals surface area contributed by atoms with Crippen LogP contribution in [0.5, 0.6) is 0 Å². The minimum Gasteiger partial charge on any atom is -0.418 e. The van der Waals surface area contributed by atoms with Crippen molar-refractivity contribution in [3.63, 3.8) is 0 Å². The average molecular weight is 436 g/mol. The van der Waals surface area contributed by atoms with Gasteiger partial charge in [-0.2, -0.15) is 12.8 Å². The molecule has 2 aliphatic carbocycles. The number of H-pyrrole nitrogens is 1. The first-order chi connectivity index (χ1) is 9.43. The van der Waals surface area contributed by atoms with Gasteiger partial charge in [0.05, 0.1) is 0 Å². The maximum atomic E-state index is 4.18. The van der Waals surface area contributed by atoms with E-state index in [0.717, 1.165) is 17.7 Å². The summed E-state index contributed by atoms with van der Waals surface area (Å²) in [5.74, 6) is 3.65. The summed E-state index contributed by atoms with van der Waals surface area (Å²) in [6.45, 7) is 4.00. The van der Waals surface area contributed by atoms with Crippen LogP contribution in [0.1, 0.15) is 77.0 Å². The minimum atomic E-state index is 0. The molecule has 1 heterocycles. The molecule has 1 N–H and O–H groups in total. The van der Waals surface area contributed by atoms with E-state index in [-0.39, 0.29) is 90.9 Å². The second-order valence-electron chi connectivity index (χ2n) is 5.64. The Kier molecular flexibility index (Phi) is 14.7. The third kappa shape index (κ3) is 7.21. The molecule has 0 unspecified atom stereocenters. The third-order valence-electron chi connectivity index (χ3n) is 4.70. The zero-order valence-corrected chi connectivity index (χ0v) is 21.7. The second-order valence-corrected chi connectivity index (χ2v) is 5.64. The maximum Gasteiger partial charge on any atom is 1.00 e. The molecule has 2 saturated carbocycles. The molecule has 0 amide bonds. The van der Waals surface area contributed by atoms with Crippen molar-refractivity contribution in [2.45, 2.75) is 71.1 Å². The Balaban J connectivity index is 0.000000961. The zero-order chi connectivity index (χ0) is 13.5. The quantitative estimate of drug-likeness (QED) is 0.712. The Labute approximate surface area is 204 Å². The molecule has 1 aromatic heterocycles. The van der Waals surface area contributed by atoms with Crippen LogP contribution in [-0.4, -0.2) is 15.2 Å². The maximum absolute atomic E-state index is 4.18. The largest absolute Gasteiger partial charge is 1.00 e. The van der Waals surface area contributed by atoms with E-state index < -0.39 is 0 Å². The summed E-state index contributed by atoms with van der Waals surface area (Å²) in [6, 6.07) is 0. The Morgan fingerprint density at radius 1 is 1.00 bits per heavy atom. The number of hydrogen-bond donors (Lipinski definition) is 1. The molecule has 0 atom stereocenters. The van der Waals surface area contributed by atoms with Gasteiger partial charge in [-0.05, 0) is 24.0 Å². The van der Waals surface area contributed by atoms with Crippen molar-refractivity contribution in [1.82, 2.24) is 15.2 Å². The van der Waals surface area contributed by atoms with Gasteiger partial charge in [0.1, 0.15) is 0 Å². The van der Waals surface area contributed by atoms with Crippen LogP contribution in [0.15, 0.2) is 0 Å². The first-order valence-corrected chi connectivity index (χ1v) is 8.03. The van der Waals surface area contributed by atoms with Crippen LogP contribution in [0.4, 0.5) is 0 Å². The first-order valence-electron chi connectivity index (χ1n) is 8.03. The van der Waals surface area contributed by atoms with Crippen LogP contribution in [-0.2, 0) is 32.7 Å². The summed E-state index contributed by atoms with van der Waals surface area (Å²) >= 11 is 0. The van der Waals surface area contributed by atoms with Gasteiger partial charge in [0.15, 0.2) is 0 Å². The monoisotopic (exact) mass is 435 g/mol. The fourth-order valence-electron chi connectivity index (χ4n) is 3.66. The van der Waals surface area contributed by atoms with Crippen molar-refractivity contribution in [1.29, 1.82) is 0 Å². The van der Waals surface area contributed by atoms with Gasteiger partial charge in [-0.15, -0.1) is 0 Å². The molecule has 0 bridgehead atoms. The van der Waals surface area contributed by atoms with E-state index in [9.17, 15) is 0 Å². The third-order valence-corrected chi connectivity index (χ3v) is 4.70. The predicted molar refractivity (Wildman–Crippen MR) is 77.5 cm³/mol. The van der Waals surface area contributed by atoms with Gasteiger partial charge in [-0.1, -0.05) is 58.3 Å². The normalized spacial score (nSPS) is 25.8. The van der Waals surface area contributed by atoms with Crippen molar-refractivity contribution in [2.24, 2.45) is 11.8 Å². The molecule has 0 aliphatic heterocycles.